The van der Waals surface area contributed by atoms with Gasteiger partial charge in [0, 0.05) is 6.92 Å². The monoisotopic (exact) mass is 222 g/mol. The molecule has 16 heavy (non-hydrogen) atoms. The second kappa shape index (κ2) is 5.06. The maximum atomic E-state index is 11.5. The molecule has 0 saturated carbocycles. The number of methoxy groups -OCH3 is 1. The van der Waals surface area contributed by atoms with Crippen LogP contribution in [0, 0.1) is 0 Å². The quantitative estimate of drug-likeness (QED) is 0.330. The molecule has 0 heterocycles. The summed E-state index contributed by atoms with van der Waals surface area (Å²) < 4.78 is 9.09. The Morgan fingerprint density at radius 3 is 2.31 bits per heavy atom. The van der Waals surface area contributed by atoms with E-state index in [0.29, 0.717) is 0 Å². The number of benzene rings is 1. The number of ether oxygens (including phenoxy) is 2. The van der Waals surface area contributed by atoms with Gasteiger partial charge in [-0.15, -0.1) is 0 Å². The molecule has 0 aliphatic rings. The van der Waals surface area contributed by atoms with Crippen molar-refractivity contribution in [1.82, 2.24) is 0 Å². The summed E-state index contributed by atoms with van der Waals surface area (Å²) >= 11 is 0. The van der Waals surface area contributed by atoms with Crippen molar-refractivity contribution < 1.29 is 23.9 Å². The Labute approximate surface area is 92.0 Å². The van der Waals surface area contributed by atoms with Crippen molar-refractivity contribution in [2.45, 2.75) is 6.92 Å². The third-order valence-electron chi connectivity index (χ3n) is 1.76. The third-order valence-corrected chi connectivity index (χ3v) is 1.76. The van der Waals surface area contributed by atoms with Gasteiger partial charge in [0.2, 0.25) is 0 Å². The predicted octanol–water partition coefficient (Wildman–Crippen LogP) is 0.968. The van der Waals surface area contributed by atoms with E-state index in [4.69, 9.17) is 4.74 Å². The number of para-hydroxylation sites is 1. The molecule has 84 valence electrons. The molecule has 5 heteroatoms. The average molecular weight is 222 g/mol. The maximum absolute atomic E-state index is 11.5. The van der Waals surface area contributed by atoms with Gasteiger partial charge in [0.15, 0.2) is 0 Å². The fourth-order valence-electron chi connectivity index (χ4n) is 1.10. The molecule has 0 aliphatic heterocycles. The Bertz CT molecular complexity index is 436. The highest BCUT2D eigenvalue weighted by atomic mass is 16.5. The average Bonchev–Trinajstić information content (AvgIpc) is 2.27. The number of carbonyl (C=O) groups excluding carboxylic acids is 3. The van der Waals surface area contributed by atoms with Crippen LogP contribution in [-0.4, -0.2) is 24.8 Å². The fraction of sp³-hybridized carbons (Fsp3) is 0.182. The minimum atomic E-state index is -1.00. The van der Waals surface area contributed by atoms with E-state index in [-0.39, 0.29) is 11.3 Å². The SMILES string of the molecule is COC(=O)C(=O)c1ccccc1OC(C)=O. The number of rotatable bonds is 3. The Hall–Kier alpha value is -2.17. The molecule has 0 spiro atoms. The van der Waals surface area contributed by atoms with Crippen LogP contribution in [0.5, 0.6) is 5.75 Å². The van der Waals surface area contributed by atoms with Gasteiger partial charge in [0.25, 0.3) is 5.78 Å². The number of hydrogen-bond acceptors (Lipinski definition) is 5. The molecular formula is C11H10O5. The van der Waals surface area contributed by atoms with E-state index in [1.54, 1.807) is 12.1 Å². The van der Waals surface area contributed by atoms with Crippen LogP contribution in [0.3, 0.4) is 0 Å². The molecule has 0 saturated heterocycles. The van der Waals surface area contributed by atoms with Gasteiger partial charge in [-0.25, -0.2) is 4.79 Å². The molecule has 5 nitrogen and oxygen atoms in total. The van der Waals surface area contributed by atoms with Gasteiger partial charge in [-0.05, 0) is 12.1 Å². The zero-order valence-corrected chi connectivity index (χ0v) is 8.85. The summed E-state index contributed by atoms with van der Waals surface area (Å²) in [5, 5.41) is 0. The number of carbonyl (C=O) groups is 3. The van der Waals surface area contributed by atoms with Crippen molar-refractivity contribution in [2.24, 2.45) is 0 Å². The first-order valence-electron chi connectivity index (χ1n) is 4.46. The summed E-state index contributed by atoms with van der Waals surface area (Å²) in [7, 11) is 1.11. The zero-order valence-electron chi connectivity index (χ0n) is 8.85. The summed E-state index contributed by atoms with van der Waals surface area (Å²) in [4.78, 5) is 33.3. The summed E-state index contributed by atoms with van der Waals surface area (Å²) in [6.45, 7) is 1.21. The Balaban J connectivity index is 3.08. The normalized spacial score (nSPS) is 9.38. The molecule has 1 aromatic rings. The van der Waals surface area contributed by atoms with Crippen LogP contribution in [0.2, 0.25) is 0 Å². The predicted molar refractivity (Wildman–Crippen MR) is 54.1 cm³/mol. The van der Waals surface area contributed by atoms with E-state index in [1.807, 2.05) is 0 Å². The van der Waals surface area contributed by atoms with Crippen molar-refractivity contribution in [3.63, 3.8) is 0 Å². The van der Waals surface area contributed by atoms with E-state index in [1.165, 1.54) is 19.1 Å². The van der Waals surface area contributed by atoms with E-state index < -0.39 is 17.7 Å². The van der Waals surface area contributed by atoms with Crippen LogP contribution in [0.4, 0.5) is 0 Å². The molecule has 1 aromatic carbocycles. The lowest BCUT2D eigenvalue weighted by Crippen LogP contribution is -2.17. The Morgan fingerprint density at radius 1 is 1.12 bits per heavy atom. The Morgan fingerprint density at radius 2 is 1.75 bits per heavy atom. The first-order chi connectivity index (χ1) is 7.56. The minimum Gasteiger partial charge on any atom is -0.463 e. The van der Waals surface area contributed by atoms with Gasteiger partial charge in [-0.2, -0.15) is 0 Å². The topological polar surface area (TPSA) is 69.7 Å². The highest BCUT2D eigenvalue weighted by molar-refractivity contribution is 6.41. The van der Waals surface area contributed by atoms with Crippen molar-refractivity contribution in [1.29, 1.82) is 0 Å². The van der Waals surface area contributed by atoms with Crippen LogP contribution < -0.4 is 4.74 Å². The molecule has 0 aromatic heterocycles. The van der Waals surface area contributed by atoms with Crippen LogP contribution in [-0.2, 0) is 14.3 Å². The van der Waals surface area contributed by atoms with E-state index in [9.17, 15) is 14.4 Å². The maximum Gasteiger partial charge on any atom is 0.379 e. The first kappa shape index (κ1) is 11.9. The summed E-state index contributed by atoms with van der Waals surface area (Å²) in [5.74, 6) is -2.37. The van der Waals surface area contributed by atoms with Gasteiger partial charge in [-0.1, -0.05) is 12.1 Å². The molecule has 0 aliphatic carbocycles. The highest BCUT2D eigenvalue weighted by Gasteiger charge is 2.21. The van der Waals surface area contributed by atoms with Crippen molar-refractivity contribution in [3.05, 3.63) is 29.8 Å². The molecule has 0 fully saturated rings. The molecule has 0 N–H and O–H groups in total. The molecule has 0 atom stereocenters. The van der Waals surface area contributed by atoms with Gasteiger partial charge < -0.3 is 9.47 Å². The van der Waals surface area contributed by atoms with Crippen molar-refractivity contribution in [3.8, 4) is 5.75 Å². The van der Waals surface area contributed by atoms with Crippen LogP contribution in [0.1, 0.15) is 17.3 Å². The molecule has 0 unspecified atom stereocenters. The lowest BCUT2D eigenvalue weighted by Gasteiger charge is -2.06. The molecular weight excluding hydrogens is 212 g/mol. The number of ketones is 1. The van der Waals surface area contributed by atoms with Crippen LogP contribution in [0.15, 0.2) is 24.3 Å². The van der Waals surface area contributed by atoms with E-state index >= 15 is 0 Å². The van der Waals surface area contributed by atoms with Gasteiger partial charge in [0.1, 0.15) is 5.75 Å². The lowest BCUT2D eigenvalue weighted by molar-refractivity contribution is -0.135. The van der Waals surface area contributed by atoms with Gasteiger partial charge in [0.05, 0.1) is 12.7 Å². The van der Waals surface area contributed by atoms with Crippen LogP contribution >= 0.6 is 0 Å². The van der Waals surface area contributed by atoms with Gasteiger partial charge >= 0.3 is 11.9 Å². The molecule has 0 amide bonds. The number of esters is 2. The second-order valence-electron chi connectivity index (χ2n) is 2.91. The molecule has 0 bridgehead atoms. The number of Topliss-reactive ketones (excluding diaryl/α,β-unsaturated/α-hetero) is 1. The van der Waals surface area contributed by atoms with E-state index in [0.717, 1.165) is 7.11 Å². The highest BCUT2D eigenvalue weighted by Crippen LogP contribution is 2.19. The van der Waals surface area contributed by atoms with Crippen molar-refractivity contribution in [2.75, 3.05) is 7.11 Å². The fourth-order valence-corrected chi connectivity index (χ4v) is 1.10. The minimum absolute atomic E-state index is 0.00421. The Kier molecular flexibility index (Phi) is 3.77. The third kappa shape index (κ3) is 2.66. The summed E-state index contributed by atoms with van der Waals surface area (Å²) in [6.07, 6.45) is 0. The second-order valence-corrected chi connectivity index (χ2v) is 2.91. The van der Waals surface area contributed by atoms with E-state index in [2.05, 4.69) is 4.74 Å². The molecule has 0 radical (unpaired) electrons. The number of hydrogen-bond donors (Lipinski definition) is 0. The smallest absolute Gasteiger partial charge is 0.379 e. The van der Waals surface area contributed by atoms with Gasteiger partial charge in [-0.3, -0.25) is 9.59 Å². The largest absolute Gasteiger partial charge is 0.463 e. The first-order valence-corrected chi connectivity index (χ1v) is 4.46. The summed E-state index contributed by atoms with van der Waals surface area (Å²) in [6, 6.07) is 5.96. The lowest BCUT2D eigenvalue weighted by atomic mass is 10.1. The van der Waals surface area contributed by atoms with Crippen LogP contribution in [0.25, 0.3) is 0 Å². The van der Waals surface area contributed by atoms with Crippen molar-refractivity contribution >= 4 is 17.7 Å². The zero-order chi connectivity index (χ0) is 12.1. The molecule has 1 rings (SSSR count). The summed E-state index contributed by atoms with van der Waals surface area (Å²) in [5.41, 5.74) is 0.00421. The standard InChI is InChI=1S/C11H10O5/c1-7(12)16-9-6-4-3-5-8(9)10(13)11(14)15-2/h3-6H,1-2H3.